The number of hydrogen-bond donors (Lipinski definition) is 0. The van der Waals surface area contributed by atoms with Gasteiger partial charge in [-0.3, -0.25) is 0 Å². The maximum Gasteiger partial charge on any atom is 0.371 e. The number of benzene rings is 4. The molecule has 0 spiro atoms. The molecule has 4 aromatic carbocycles. The third-order valence-electron chi connectivity index (χ3n) is 5.51. The molecule has 0 aliphatic heterocycles. The van der Waals surface area contributed by atoms with E-state index in [0.717, 1.165) is 9.87 Å². The minimum Gasteiger partial charge on any atom is -0.199 e. The zero-order chi connectivity index (χ0) is 31.7. The minimum absolute atomic E-state index is 0.0472. The Bertz CT molecular complexity index is 1740. The highest BCUT2D eigenvalue weighted by molar-refractivity contribution is 7.86. The first-order chi connectivity index (χ1) is 20.5. The smallest absolute Gasteiger partial charge is 0.199 e. The summed E-state index contributed by atoms with van der Waals surface area (Å²) in [6.45, 7) is 2.41. The van der Waals surface area contributed by atoms with Crippen LogP contribution in [0.15, 0.2) is 118 Å². The van der Waals surface area contributed by atoms with Gasteiger partial charge in [0.15, 0.2) is 0 Å². The Morgan fingerprint density at radius 3 is 1.49 bits per heavy atom. The van der Waals surface area contributed by atoms with E-state index in [9.17, 15) is 20.1 Å². The van der Waals surface area contributed by atoms with Gasteiger partial charge in [-0.15, -0.1) is 21.1 Å². The Hall–Kier alpha value is -4.35. The van der Waals surface area contributed by atoms with Crippen molar-refractivity contribution >= 4 is 32.2 Å². The monoisotopic (exact) mass is 623 g/mol. The van der Waals surface area contributed by atoms with Crippen LogP contribution in [0.1, 0.15) is 35.6 Å². The highest BCUT2D eigenvalue weighted by Gasteiger charge is 2.15. The Balaban J connectivity index is 0.000000249. The Morgan fingerprint density at radius 1 is 0.674 bits per heavy atom. The predicted molar refractivity (Wildman–Crippen MR) is 171 cm³/mol. The average molecular weight is 624 g/mol. The summed E-state index contributed by atoms with van der Waals surface area (Å²) in [4.78, 5) is 0. The summed E-state index contributed by atoms with van der Waals surface area (Å²) >= 11 is 0. The largest absolute Gasteiger partial charge is 0.371 e. The topological polar surface area (TPSA) is 62.1 Å². The van der Waals surface area contributed by atoms with Gasteiger partial charge in [-0.25, -0.2) is 0 Å². The van der Waals surface area contributed by atoms with Crippen molar-refractivity contribution in [2.75, 3.05) is 7.05 Å². The molecule has 0 aliphatic carbocycles. The molecule has 0 saturated heterocycles. The molecule has 4 rings (SSSR count). The van der Waals surface area contributed by atoms with Crippen molar-refractivity contribution in [2.45, 2.75) is 26.3 Å². The first-order valence-electron chi connectivity index (χ1n) is 13.0. The van der Waals surface area contributed by atoms with Crippen molar-refractivity contribution in [1.29, 1.82) is 0 Å². The molecule has 1 unspecified atom stereocenters. The summed E-state index contributed by atoms with van der Waals surface area (Å²) in [6.07, 6.45) is 12.7. The van der Waals surface area contributed by atoms with Crippen LogP contribution in [0, 0.1) is 24.7 Å². The fourth-order valence-electron chi connectivity index (χ4n) is 3.41. The fraction of sp³-hybridized carbons (Fsp3) is 0.152. The number of rotatable bonds is 7. The van der Waals surface area contributed by atoms with E-state index in [-0.39, 0.29) is 12.2 Å². The number of aryl methyl sites for hydroxylation is 1. The molecule has 0 aromatic heterocycles. The molecule has 0 saturated carbocycles. The predicted octanol–water partition coefficient (Wildman–Crippen LogP) is 8.87. The van der Waals surface area contributed by atoms with Gasteiger partial charge in [-0.05, 0) is 66.1 Å². The molecule has 10 heteroatoms. The zero-order valence-electron chi connectivity index (χ0n) is 23.8. The number of hydrogen-bond acceptors (Lipinski definition) is 4. The first-order valence-corrected chi connectivity index (χ1v) is 15.7. The van der Waals surface area contributed by atoms with Gasteiger partial charge in [-0.1, -0.05) is 93.6 Å². The summed E-state index contributed by atoms with van der Waals surface area (Å²) in [5, 5.41) is 0. The van der Waals surface area contributed by atoms with E-state index in [0.29, 0.717) is 16.8 Å². The molecule has 0 radical (unpaired) electrons. The average Bonchev–Trinajstić information content (AvgIpc) is 2.99. The standard InChI is InChI=1S/C16H15FN2OS.C9H12.C8H5F2NOS/c1-3-14-9-11-16(12-10-14)18-21(17,20)19(2)13-15-7-5-4-6-8-15;1-2-6-9-7-4-3-5-8-9;1-2-7-3-5-8(6-4-7)11-13(9,10)12/h1,4-12H,13H2,2H3;3-5,7-8H,2,6H2,1H3;1,3-6H. The van der Waals surface area contributed by atoms with Crippen LogP contribution in [0.4, 0.5) is 23.0 Å². The van der Waals surface area contributed by atoms with Crippen LogP contribution < -0.4 is 0 Å². The fourth-order valence-corrected chi connectivity index (χ4v) is 4.61. The van der Waals surface area contributed by atoms with Crippen molar-refractivity contribution in [3.05, 3.63) is 131 Å². The lowest BCUT2D eigenvalue weighted by atomic mass is 10.1. The van der Waals surface area contributed by atoms with Crippen LogP contribution in [0.3, 0.4) is 0 Å². The molecule has 43 heavy (non-hydrogen) atoms. The second-order valence-electron chi connectivity index (χ2n) is 8.90. The lowest BCUT2D eigenvalue weighted by molar-refractivity contribution is 0.479. The molecular formula is C33H32F3N3O2S2. The minimum atomic E-state index is -5.07. The van der Waals surface area contributed by atoms with Crippen molar-refractivity contribution in [2.24, 2.45) is 8.73 Å². The van der Waals surface area contributed by atoms with Gasteiger partial charge >= 0.3 is 10.5 Å². The van der Waals surface area contributed by atoms with Crippen molar-refractivity contribution in [3.63, 3.8) is 0 Å². The molecule has 0 heterocycles. The number of halogens is 3. The van der Waals surface area contributed by atoms with Crippen molar-refractivity contribution < 1.29 is 20.1 Å². The highest BCUT2D eigenvalue weighted by atomic mass is 32.3. The SMILES string of the molecule is C#Cc1ccc(N=S(=O)(F)F)cc1.C#Cc1ccc(N=S(=O)(F)N(C)Cc2ccccc2)cc1.CCCc1ccccc1. The lowest BCUT2D eigenvalue weighted by Crippen LogP contribution is -2.22. The molecule has 0 bridgehead atoms. The summed E-state index contributed by atoms with van der Waals surface area (Å²) in [5.74, 6) is 4.77. The molecule has 0 aliphatic rings. The van der Waals surface area contributed by atoms with Crippen LogP contribution in [0.5, 0.6) is 0 Å². The van der Waals surface area contributed by atoms with E-state index in [1.165, 1.54) is 49.7 Å². The van der Waals surface area contributed by atoms with E-state index >= 15 is 0 Å². The third-order valence-corrected chi connectivity index (χ3v) is 7.27. The van der Waals surface area contributed by atoms with E-state index < -0.39 is 20.8 Å². The van der Waals surface area contributed by atoms with Crippen molar-refractivity contribution in [3.8, 4) is 24.7 Å². The van der Waals surface area contributed by atoms with E-state index in [1.54, 1.807) is 24.3 Å². The van der Waals surface area contributed by atoms with Gasteiger partial charge < -0.3 is 0 Å². The summed E-state index contributed by atoms with van der Waals surface area (Å²) in [5.41, 5.74) is 3.78. The van der Waals surface area contributed by atoms with Gasteiger partial charge in [0.2, 0.25) is 0 Å². The Labute approximate surface area is 254 Å². The van der Waals surface area contributed by atoms with Crippen LogP contribution in [0.2, 0.25) is 0 Å². The van der Waals surface area contributed by atoms with Crippen LogP contribution in [-0.2, 0) is 33.8 Å². The molecule has 224 valence electrons. The van der Waals surface area contributed by atoms with Crippen LogP contribution in [0.25, 0.3) is 0 Å². The van der Waals surface area contributed by atoms with Crippen LogP contribution >= 0.6 is 0 Å². The lowest BCUT2D eigenvalue weighted by Gasteiger charge is -2.14. The molecule has 0 amide bonds. The van der Waals surface area contributed by atoms with Crippen LogP contribution in [-0.4, -0.2) is 19.8 Å². The first kappa shape index (κ1) is 34.8. The normalized spacial score (nSPS) is 11.7. The van der Waals surface area contributed by atoms with Gasteiger partial charge in [0.1, 0.15) is 0 Å². The van der Waals surface area contributed by atoms with E-state index in [4.69, 9.17) is 12.8 Å². The van der Waals surface area contributed by atoms with E-state index in [1.807, 2.05) is 30.3 Å². The second kappa shape index (κ2) is 17.6. The highest BCUT2D eigenvalue weighted by Crippen LogP contribution is 2.20. The maximum absolute atomic E-state index is 14.3. The third kappa shape index (κ3) is 13.9. The zero-order valence-corrected chi connectivity index (χ0v) is 25.4. The maximum atomic E-state index is 14.3. The van der Waals surface area contributed by atoms with Gasteiger partial charge in [0.05, 0.1) is 11.4 Å². The molecule has 1 atom stereocenters. The number of terminal acetylenes is 2. The number of nitrogens with zero attached hydrogens (tertiary/aromatic N) is 3. The van der Waals surface area contributed by atoms with Gasteiger partial charge in [-0.2, -0.15) is 17.1 Å². The molecule has 0 fully saturated rings. The molecular weight excluding hydrogens is 592 g/mol. The molecule has 4 aromatic rings. The quantitative estimate of drug-likeness (QED) is 0.153. The van der Waals surface area contributed by atoms with Gasteiger partial charge in [0, 0.05) is 24.7 Å². The van der Waals surface area contributed by atoms with Gasteiger partial charge in [0.25, 0.3) is 10.3 Å². The summed E-state index contributed by atoms with van der Waals surface area (Å²) in [6, 6.07) is 31.6. The second-order valence-corrected chi connectivity index (χ2v) is 11.5. The summed E-state index contributed by atoms with van der Waals surface area (Å²) < 4.78 is 67.6. The van der Waals surface area contributed by atoms with Crippen molar-refractivity contribution in [1.82, 2.24) is 4.31 Å². The molecule has 5 nitrogen and oxygen atoms in total. The Kier molecular flexibility index (Phi) is 14.2. The molecule has 0 N–H and O–H groups in total. The summed E-state index contributed by atoms with van der Waals surface area (Å²) in [7, 11) is -7.61. The van der Waals surface area contributed by atoms with E-state index in [2.05, 4.69) is 57.8 Å². The Morgan fingerprint density at radius 2 is 1.09 bits per heavy atom.